The quantitative estimate of drug-likeness (QED) is 0.391. The Bertz CT molecular complexity index is 197. The number of hydrogen-bond acceptors (Lipinski definition) is 4. The van der Waals surface area contributed by atoms with Gasteiger partial charge in [-0.1, -0.05) is 0 Å². The monoisotopic (exact) mass is 204 g/mol. The van der Waals surface area contributed by atoms with Crippen molar-refractivity contribution in [3.63, 3.8) is 0 Å². The molecular weight excluding hydrogens is 188 g/mol. The summed E-state index contributed by atoms with van der Waals surface area (Å²) in [5.74, 6) is 5.46. The molecule has 0 radical (unpaired) electrons. The molecule has 1 unspecified atom stereocenters. The van der Waals surface area contributed by atoms with Crippen LogP contribution in [0.3, 0.4) is 0 Å². The first-order chi connectivity index (χ1) is 6.06. The average Bonchev–Trinajstić information content (AvgIpc) is 2.41. The van der Waals surface area contributed by atoms with E-state index in [1.807, 2.05) is 0 Å². The second-order valence-corrected chi connectivity index (χ2v) is 4.05. The third-order valence-electron chi connectivity index (χ3n) is 2.46. The molecular formula is C8H16N2O2S. The first kappa shape index (κ1) is 10.7. The summed E-state index contributed by atoms with van der Waals surface area (Å²) in [5, 5.41) is 0.239. The minimum Gasteiger partial charge on any atom is -0.470 e. The fourth-order valence-corrected chi connectivity index (χ4v) is 1.50. The van der Waals surface area contributed by atoms with E-state index in [-0.39, 0.29) is 10.8 Å². The van der Waals surface area contributed by atoms with Gasteiger partial charge in [0.1, 0.15) is 0 Å². The number of ether oxygens (including phenoxy) is 2. The van der Waals surface area contributed by atoms with Crippen molar-refractivity contribution >= 4 is 17.4 Å². The number of thiocarbonyl (C=S) groups is 1. The molecule has 3 N–H and O–H groups in total. The van der Waals surface area contributed by atoms with Crippen LogP contribution in [0, 0.1) is 5.92 Å². The normalized spacial score (nSPS) is 25.6. The molecule has 0 saturated carbocycles. The molecule has 5 heteroatoms. The predicted molar refractivity (Wildman–Crippen MR) is 54.0 cm³/mol. The van der Waals surface area contributed by atoms with Gasteiger partial charge in [-0.15, -0.1) is 0 Å². The lowest BCUT2D eigenvalue weighted by Gasteiger charge is -2.25. The van der Waals surface area contributed by atoms with Crippen LogP contribution in [0.4, 0.5) is 0 Å². The molecule has 1 aliphatic heterocycles. The van der Waals surface area contributed by atoms with Crippen LogP contribution in [0.15, 0.2) is 0 Å². The van der Waals surface area contributed by atoms with Gasteiger partial charge in [0.25, 0.3) is 5.17 Å². The molecule has 1 rings (SSSR count). The summed E-state index contributed by atoms with van der Waals surface area (Å²) in [5.41, 5.74) is 2.18. The Hall–Kier alpha value is -0.390. The third-order valence-corrected chi connectivity index (χ3v) is 2.69. The summed E-state index contributed by atoms with van der Waals surface area (Å²) in [6, 6.07) is 0. The smallest absolute Gasteiger partial charge is 0.271 e. The molecule has 1 aliphatic rings. The number of hydrazine groups is 1. The fourth-order valence-electron chi connectivity index (χ4n) is 1.43. The molecule has 0 aromatic heterocycles. The molecule has 0 aliphatic carbocycles. The van der Waals surface area contributed by atoms with Gasteiger partial charge in [-0.3, -0.25) is 5.43 Å². The zero-order chi connectivity index (χ0) is 9.90. The number of rotatable bonds is 2. The second kappa shape index (κ2) is 4.21. The minimum atomic E-state index is -0.107. The van der Waals surface area contributed by atoms with Gasteiger partial charge < -0.3 is 9.47 Å². The summed E-state index contributed by atoms with van der Waals surface area (Å²) < 4.78 is 10.8. The van der Waals surface area contributed by atoms with Gasteiger partial charge in [-0.25, -0.2) is 5.84 Å². The molecule has 1 fully saturated rings. The zero-order valence-electron chi connectivity index (χ0n) is 8.00. The summed E-state index contributed by atoms with van der Waals surface area (Å²) in [4.78, 5) is 0. The van der Waals surface area contributed by atoms with Crippen molar-refractivity contribution in [2.45, 2.75) is 25.9 Å². The third kappa shape index (κ3) is 2.79. The maximum atomic E-state index is 5.54. The van der Waals surface area contributed by atoms with Crippen LogP contribution in [0.25, 0.3) is 0 Å². The maximum absolute atomic E-state index is 5.54. The molecule has 0 amide bonds. The largest absolute Gasteiger partial charge is 0.470 e. The summed E-state index contributed by atoms with van der Waals surface area (Å²) in [6.45, 7) is 5.49. The van der Waals surface area contributed by atoms with Crippen LogP contribution in [-0.2, 0) is 9.47 Å². The van der Waals surface area contributed by atoms with Gasteiger partial charge >= 0.3 is 0 Å². The lowest BCUT2D eigenvalue weighted by Crippen LogP contribution is -2.35. The Kier molecular flexibility index (Phi) is 3.47. The van der Waals surface area contributed by atoms with Crippen molar-refractivity contribution in [3.8, 4) is 0 Å². The van der Waals surface area contributed by atoms with E-state index in [0.29, 0.717) is 12.5 Å². The van der Waals surface area contributed by atoms with E-state index < -0.39 is 0 Å². The van der Waals surface area contributed by atoms with Gasteiger partial charge in [0.2, 0.25) is 0 Å². The molecule has 4 nitrogen and oxygen atoms in total. The van der Waals surface area contributed by atoms with E-state index in [2.05, 4.69) is 19.3 Å². The Labute approximate surface area is 83.7 Å². The van der Waals surface area contributed by atoms with Crippen LogP contribution in [0.2, 0.25) is 0 Å². The highest BCUT2D eigenvalue weighted by molar-refractivity contribution is 7.80. The standard InChI is InChI=1S/C8H16N2O2S/c1-8(2)6(3-4-12-8)5-11-7(13)10-9/h6H,3-5,9H2,1-2H3,(H,10,13). The molecule has 0 aromatic rings. The Balaban J connectivity index is 2.33. The van der Waals surface area contributed by atoms with Crippen LogP contribution in [0.1, 0.15) is 20.3 Å². The van der Waals surface area contributed by atoms with Crippen molar-refractivity contribution in [2.75, 3.05) is 13.2 Å². The van der Waals surface area contributed by atoms with E-state index in [1.54, 1.807) is 0 Å². The van der Waals surface area contributed by atoms with Gasteiger partial charge in [0, 0.05) is 12.5 Å². The zero-order valence-corrected chi connectivity index (χ0v) is 8.82. The van der Waals surface area contributed by atoms with E-state index >= 15 is 0 Å². The molecule has 0 aromatic carbocycles. The highest BCUT2D eigenvalue weighted by atomic mass is 32.1. The molecule has 0 bridgehead atoms. The number of hydrogen-bond donors (Lipinski definition) is 2. The minimum absolute atomic E-state index is 0.107. The van der Waals surface area contributed by atoms with E-state index in [0.717, 1.165) is 13.0 Å². The summed E-state index contributed by atoms with van der Waals surface area (Å²) >= 11 is 4.77. The van der Waals surface area contributed by atoms with Crippen LogP contribution in [0.5, 0.6) is 0 Å². The Morgan fingerprint density at radius 3 is 2.92 bits per heavy atom. The first-order valence-electron chi connectivity index (χ1n) is 4.33. The van der Waals surface area contributed by atoms with Crippen LogP contribution in [-0.4, -0.2) is 24.0 Å². The average molecular weight is 204 g/mol. The van der Waals surface area contributed by atoms with Gasteiger partial charge in [0.15, 0.2) is 0 Å². The number of nitrogens with two attached hydrogens (primary N) is 1. The lowest BCUT2D eigenvalue weighted by molar-refractivity contribution is -0.00132. The van der Waals surface area contributed by atoms with Gasteiger partial charge in [-0.05, 0) is 32.5 Å². The molecule has 13 heavy (non-hydrogen) atoms. The SMILES string of the molecule is CC1(C)OCCC1COC(=S)NN. The van der Waals surface area contributed by atoms with Crippen molar-refractivity contribution in [1.82, 2.24) is 5.43 Å². The molecule has 1 heterocycles. The molecule has 0 spiro atoms. The van der Waals surface area contributed by atoms with Gasteiger partial charge in [-0.2, -0.15) is 0 Å². The van der Waals surface area contributed by atoms with Crippen molar-refractivity contribution < 1.29 is 9.47 Å². The first-order valence-corrected chi connectivity index (χ1v) is 4.74. The highest BCUT2D eigenvalue weighted by Crippen LogP contribution is 2.31. The predicted octanol–water partition coefficient (Wildman–Crippen LogP) is 0.566. The Morgan fingerprint density at radius 2 is 2.46 bits per heavy atom. The highest BCUT2D eigenvalue weighted by Gasteiger charge is 2.36. The second-order valence-electron chi connectivity index (χ2n) is 3.68. The summed E-state index contributed by atoms with van der Waals surface area (Å²) in [7, 11) is 0. The lowest BCUT2D eigenvalue weighted by atomic mass is 9.92. The maximum Gasteiger partial charge on any atom is 0.271 e. The van der Waals surface area contributed by atoms with Crippen LogP contribution >= 0.6 is 12.2 Å². The van der Waals surface area contributed by atoms with Gasteiger partial charge in [0.05, 0.1) is 12.2 Å². The van der Waals surface area contributed by atoms with E-state index in [4.69, 9.17) is 27.5 Å². The number of nitrogens with one attached hydrogen (secondary N) is 1. The molecule has 1 atom stereocenters. The molecule has 76 valence electrons. The van der Waals surface area contributed by atoms with E-state index in [9.17, 15) is 0 Å². The van der Waals surface area contributed by atoms with Crippen LogP contribution < -0.4 is 11.3 Å². The summed E-state index contributed by atoms with van der Waals surface area (Å²) in [6.07, 6.45) is 1.01. The van der Waals surface area contributed by atoms with Crippen molar-refractivity contribution in [3.05, 3.63) is 0 Å². The van der Waals surface area contributed by atoms with E-state index in [1.165, 1.54) is 0 Å². The Morgan fingerprint density at radius 1 is 1.77 bits per heavy atom. The molecule has 1 saturated heterocycles. The van der Waals surface area contributed by atoms with Crippen molar-refractivity contribution in [2.24, 2.45) is 11.8 Å². The fraction of sp³-hybridized carbons (Fsp3) is 0.875. The van der Waals surface area contributed by atoms with Crippen molar-refractivity contribution in [1.29, 1.82) is 0 Å². The topological polar surface area (TPSA) is 56.5 Å².